The van der Waals surface area contributed by atoms with Crippen LogP contribution in [-0.4, -0.2) is 114 Å². The molecule has 1 aliphatic heterocycles. The number of nitrogens with one attached hydrogen (secondary N) is 8. The van der Waals surface area contributed by atoms with Crippen LogP contribution in [-0.2, 0) is 46.4 Å². The van der Waals surface area contributed by atoms with Crippen LogP contribution >= 0.6 is 11.8 Å². The number of para-hydroxylation sites is 1. The van der Waals surface area contributed by atoms with Gasteiger partial charge in [-0.15, -0.1) is 0 Å². The van der Waals surface area contributed by atoms with Crippen molar-refractivity contribution in [3.05, 3.63) is 71.9 Å². The maximum atomic E-state index is 14.7. The van der Waals surface area contributed by atoms with Crippen LogP contribution in [0, 0.1) is 5.92 Å². The molecule has 1 aliphatic carbocycles. The molecule has 3 aromatic rings. The first-order chi connectivity index (χ1) is 32.3. The van der Waals surface area contributed by atoms with Gasteiger partial charge in [0, 0.05) is 50.0 Å². The van der Waals surface area contributed by atoms with E-state index in [0.29, 0.717) is 31.4 Å². The second-order valence-electron chi connectivity index (χ2n) is 17.6. The molecule has 0 unspecified atom stereocenters. The van der Waals surface area contributed by atoms with Gasteiger partial charge < -0.3 is 53.7 Å². The highest BCUT2D eigenvalue weighted by Gasteiger charge is 2.35. The molecule has 2 heterocycles. The fourth-order valence-electron chi connectivity index (χ4n) is 8.74. The summed E-state index contributed by atoms with van der Waals surface area (Å²) in [7, 11) is 0. The van der Waals surface area contributed by atoms with Gasteiger partial charge in [-0.3, -0.25) is 38.6 Å². The summed E-state index contributed by atoms with van der Waals surface area (Å²) in [5, 5.41) is 21.0. The van der Waals surface area contributed by atoms with Gasteiger partial charge in [0.1, 0.15) is 36.3 Å². The zero-order chi connectivity index (χ0) is 48.1. The molecule has 1 saturated heterocycles. The average Bonchev–Trinajstić information content (AvgIpc) is 3.72. The van der Waals surface area contributed by atoms with Gasteiger partial charge in [-0.1, -0.05) is 80.6 Å². The molecule has 1 aromatic heterocycles. The summed E-state index contributed by atoms with van der Waals surface area (Å²) in [4.78, 5) is 105. The van der Waals surface area contributed by atoms with Crippen LogP contribution in [0.4, 0.5) is 0 Å². The Morgan fingerprint density at radius 3 is 2.13 bits per heavy atom. The predicted molar refractivity (Wildman–Crippen MR) is 260 cm³/mol. The number of nitrogens with two attached hydrogens (primary N) is 2. The number of fused-ring (bicyclic) bond motifs is 1. The van der Waals surface area contributed by atoms with Gasteiger partial charge in [-0.05, 0) is 80.1 Å². The number of thioether (sulfide) groups is 1. The highest BCUT2D eigenvalue weighted by atomic mass is 32.2. The van der Waals surface area contributed by atoms with Gasteiger partial charge in [0.25, 0.3) is 0 Å². The number of carbonyl (C=O) groups is 7. The second-order valence-corrected chi connectivity index (χ2v) is 18.6. The molecule has 19 heteroatoms. The number of hydrogen-bond acceptors (Lipinski definition) is 9. The molecule has 0 spiro atoms. The molecular weight excluding hydrogens is 875 g/mol. The lowest BCUT2D eigenvalue weighted by Crippen LogP contribution is -2.60. The number of guanidine groups is 1. The molecule has 2 aromatic carbocycles. The number of benzene rings is 2. The van der Waals surface area contributed by atoms with Crippen molar-refractivity contribution in [2.75, 3.05) is 25.1 Å². The Hall–Kier alpha value is -6.11. The van der Waals surface area contributed by atoms with Gasteiger partial charge in [-0.25, -0.2) is 0 Å². The Labute approximate surface area is 396 Å². The number of amides is 7. The topological polar surface area (TPSA) is 284 Å². The smallest absolute Gasteiger partial charge is 0.243 e. The van der Waals surface area contributed by atoms with Crippen LogP contribution in [0.5, 0.6) is 0 Å². The molecule has 0 bridgehead atoms. The number of aromatic amines is 1. The summed E-state index contributed by atoms with van der Waals surface area (Å²) in [6, 6.07) is 10.3. The third kappa shape index (κ3) is 16.9. The molecule has 2 fully saturated rings. The Morgan fingerprint density at radius 2 is 1.40 bits per heavy atom. The van der Waals surface area contributed by atoms with Crippen LogP contribution in [0.1, 0.15) is 95.1 Å². The minimum atomic E-state index is -1.16. The van der Waals surface area contributed by atoms with Crippen molar-refractivity contribution >= 4 is 70.0 Å². The minimum Gasteiger partial charge on any atom is -0.370 e. The molecule has 5 rings (SSSR count). The standard InChI is InChI=1S/C48H69N11O7S/c1-30(60)54-39(26-31-14-5-3-6-15-31)45(64)56-37-20-11-12-23-51-42(61)36(21-13-24-52-48(49)50)55-47(66)41(28-33-29-53-35-19-10-9-18-34(33)35)59-46(65)40(27-32-16-7-4-8-17-32)58-44(63)38(22-25-67-2)57-43(37)62/h3,5-6,9-10,14-15,18-19,29,32,36-41,53H,4,7-8,11-13,16-17,20-28H2,1-2H3,(H,51,61)(H,54,60)(H,55,66)(H,56,64)(H,57,62)(H,58,63)(H,59,65)(H4,49,50,52)/t36-,37-,38-,39-,40+,41-/m0/s1. The van der Waals surface area contributed by atoms with Crippen molar-refractivity contribution < 1.29 is 33.6 Å². The number of H-pyrrole nitrogens is 1. The fourth-order valence-corrected chi connectivity index (χ4v) is 9.21. The lowest BCUT2D eigenvalue weighted by Gasteiger charge is -2.30. The SMILES string of the molecule is CSCC[C@@H]1NC(=O)[C@@H](NC(=O)[C@H](Cc2ccccc2)NC(C)=O)CCCCNC(=O)[C@H](CCCN=C(N)N)NC(=O)[C@H](Cc2c[nH]c3ccccc23)NC(=O)[C@@H](CC2CCCCC2)NC1=O. The summed E-state index contributed by atoms with van der Waals surface area (Å²) < 4.78 is 0. The van der Waals surface area contributed by atoms with E-state index in [1.54, 1.807) is 6.20 Å². The largest absolute Gasteiger partial charge is 0.370 e. The van der Waals surface area contributed by atoms with Gasteiger partial charge >= 0.3 is 0 Å². The first kappa shape index (κ1) is 51.9. The maximum absolute atomic E-state index is 14.7. The lowest BCUT2D eigenvalue weighted by molar-refractivity contribution is -0.135. The Balaban J connectivity index is 1.48. The first-order valence-electron chi connectivity index (χ1n) is 23.5. The van der Waals surface area contributed by atoms with E-state index in [1.165, 1.54) is 18.7 Å². The molecule has 364 valence electrons. The van der Waals surface area contributed by atoms with Crippen molar-refractivity contribution in [1.82, 2.24) is 42.2 Å². The number of nitrogens with zero attached hydrogens (tertiary/aromatic N) is 1. The Kier molecular flexibility index (Phi) is 20.8. The van der Waals surface area contributed by atoms with Crippen molar-refractivity contribution in [2.24, 2.45) is 22.4 Å². The number of aliphatic imine (C=N–C) groups is 1. The van der Waals surface area contributed by atoms with E-state index in [2.05, 4.69) is 47.2 Å². The Bertz CT molecular complexity index is 2160. The summed E-state index contributed by atoms with van der Waals surface area (Å²) in [5.41, 5.74) is 13.5. The first-order valence-corrected chi connectivity index (χ1v) is 24.9. The van der Waals surface area contributed by atoms with Crippen LogP contribution in [0.2, 0.25) is 0 Å². The second kappa shape index (κ2) is 26.9. The molecule has 2 aliphatic rings. The molecule has 0 radical (unpaired) electrons. The van der Waals surface area contributed by atoms with E-state index in [1.807, 2.05) is 60.9 Å². The predicted octanol–water partition coefficient (Wildman–Crippen LogP) is 1.96. The summed E-state index contributed by atoms with van der Waals surface area (Å²) in [6.07, 6.45) is 10.6. The molecular formula is C48H69N11O7S. The van der Waals surface area contributed by atoms with E-state index >= 15 is 0 Å². The average molecular weight is 944 g/mol. The molecule has 67 heavy (non-hydrogen) atoms. The number of hydrogen-bond donors (Lipinski definition) is 10. The Morgan fingerprint density at radius 1 is 0.761 bits per heavy atom. The summed E-state index contributed by atoms with van der Waals surface area (Å²) in [6.45, 7) is 1.69. The normalized spacial score (nSPS) is 22.3. The summed E-state index contributed by atoms with van der Waals surface area (Å²) in [5.74, 6) is -3.31. The molecule has 18 nitrogen and oxygen atoms in total. The van der Waals surface area contributed by atoms with Crippen LogP contribution in [0.3, 0.4) is 0 Å². The van der Waals surface area contributed by atoms with E-state index in [9.17, 15) is 33.6 Å². The number of aromatic nitrogens is 1. The van der Waals surface area contributed by atoms with E-state index in [4.69, 9.17) is 11.5 Å². The van der Waals surface area contributed by atoms with Crippen LogP contribution in [0.25, 0.3) is 10.9 Å². The lowest BCUT2D eigenvalue weighted by atomic mass is 9.84. The van der Waals surface area contributed by atoms with E-state index < -0.39 is 77.6 Å². The zero-order valence-electron chi connectivity index (χ0n) is 38.7. The fraction of sp³-hybridized carbons (Fsp3) is 0.542. The van der Waals surface area contributed by atoms with Gasteiger partial charge in [0.05, 0.1) is 0 Å². The molecule has 6 atom stereocenters. The zero-order valence-corrected chi connectivity index (χ0v) is 39.5. The van der Waals surface area contributed by atoms with E-state index in [-0.39, 0.29) is 57.1 Å². The van der Waals surface area contributed by atoms with E-state index in [0.717, 1.165) is 54.1 Å². The molecule has 1 saturated carbocycles. The van der Waals surface area contributed by atoms with Gasteiger partial charge in [0.15, 0.2) is 5.96 Å². The quantitative estimate of drug-likeness (QED) is 0.0566. The van der Waals surface area contributed by atoms with Crippen molar-refractivity contribution in [1.29, 1.82) is 0 Å². The maximum Gasteiger partial charge on any atom is 0.243 e. The van der Waals surface area contributed by atoms with Crippen LogP contribution in [0.15, 0.2) is 65.8 Å². The van der Waals surface area contributed by atoms with Crippen molar-refractivity contribution in [3.8, 4) is 0 Å². The number of rotatable bonds is 16. The van der Waals surface area contributed by atoms with Crippen LogP contribution < -0.4 is 48.7 Å². The third-order valence-electron chi connectivity index (χ3n) is 12.3. The van der Waals surface area contributed by atoms with Gasteiger partial charge in [-0.2, -0.15) is 11.8 Å². The third-order valence-corrected chi connectivity index (χ3v) is 13.0. The van der Waals surface area contributed by atoms with Gasteiger partial charge in [0.2, 0.25) is 41.4 Å². The van der Waals surface area contributed by atoms with Crippen molar-refractivity contribution in [2.45, 2.75) is 133 Å². The van der Waals surface area contributed by atoms with Crippen molar-refractivity contribution in [3.63, 3.8) is 0 Å². The molecule has 12 N–H and O–H groups in total. The number of carbonyl (C=O) groups excluding carboxylic acids is 7. The molecule has 7 amide bonds. The highest BCUT2D eigenvalue weighted by molar-refractivity contribution is 7.98. The highest BCUT2D eigenvalue weighted by Crippen LogP contribution is 2.28. The monoisotopic (exact) mass is 944 g/mol. The summed E-state index contributed by atoms with van der Waals surface area (Å²) >= 11 is 1.49. The minimum absolute atomic E-state index is 0.0711.